The number of imide groups is 1. The first-order valence-electron chi connectivity index (χ1n) is 7.90. The molecule has 142 valence electrons. The summed E-state index contributed by atoms with van der Waals surface area (Å²) in [6.07, 6.45) is 0. The van der Waals surface area contributed by atoms with Crippen LogP contribution in [0.25, 0.3) is 0 Å². The van der Waals surface area contributed by atoms with E-state index < -0.39 is 29.1 Å². The predicted octanol–water partition coefficient (Wildman–Crippen LogP) is 4.12. The van der Waals surface area contributed by atoms with Crippen LogP contribution in [0.3, 0.4) is 0 Å². The average Bonchev–Trinajstić information content (AvgIpc) is 2.82. The summed E-state index contributed by atoms with van der Waals surface area (Å²) in [6, 6.07) is 6.64. The van der Waals surface area contributed by atoms with E-state index in [0.29, 0.717) is 10.8 Å². The smallest absolute Gasteiger partial charge is 0.325 e. The third-order valence-electron chi connectivity index (χ3n) is 4.21. The van der Waals surface area contributed by atoms with Crippen molar-refractivity contribution in [3.8, 4) is 5.75 Å². The lowest BCUT2D eigenvalue weighted by atomic mass is 9.91. The van der Waals surface area contributed by atoms with Crippen LogP contribution in [0.5, 0.6) is 5.75 Å². The molecule has 3 rings (SSSR count). The Balaban J connectivity index is 1.73. The highest BCUT2D eigenvalue weighted by atomic mass is 35.5. The molecule has 1 aliphatic heterocycles. The Morgan fingerprint density at radius 1 is 1.15 bits per heavy atom. The fraction of sp³-hybridized carbons (Fsp3) is 0.222. The molecule has 0 saturated carbocycles. The molecule has 1 saturated heterocycles. The summed E-state index contributed by atoms with van der Waals surface area (Å²) in [5.41, 5.74) is -1.95. The van der Waals surface area contributed by atoms with Gasteiger partial charge in [0.05, 0.1) is 11.6 Å². The number of nitrogens with zero attached hydrogens (tertiary/aromatic N) is 1. The van der Waals surface area contributed by atoms with Crippen molar-refractivity contribution in [1.29, 1.82) is 0 Å². The lowest BCUT2D eigenvalue weighted by Gasteiger charge is -2.23. The Bertz CT molecular complexity index is 925. The Hall–Kier alpha value is -2.38. The van der Waals surface area contributed by atoms with Gasteiger partial charge in [-0.05, 0) is 43.3 Å². The standard InChI is InChI=1S/C18H14Cl2F2N2O3/c1-18(12-9-11(21)3-4-14(12)22)16(25)24(17(26)23-18)6-7-27-15-5-2-10(19)8-13(15)20/h2-5,8-9H,6-7H2,1H3,(H,23,26)/t18-/m1/s1. The molecule has 5 nitrogen and oxygen atoms in total. The van der Waals surface area contributed by atoms with Crippen molar-refractivity contribution < 1.29 is 23.1 Å². The van der Waals surface area contributed by atoms with Gasteiger partial charge < -0.3 is 10.1 Å². The SMILES string of the molecule is C[C@]1(c2cc(F)ccc2F)NC(=O)N(CCOc2ccc(Cl)cc2Cl)C1=O. The highest BCUT2D eigenvalue weighted by Gasteiger charge is 2.50. The number of benzene rings is 2. The van der Waals surface area contributed by atoms with Crippen LogP contribution < -0.4 is 10.1 Å². The van der Waals surface area contributed by atoms with Gasteiger partial charge in [-0.1, -0.05) is 23.2 Å². The Morgan fingerprint density at radius 3 is 2.59 bits per heavy atom. The minimum absolute atomic E-state index is 0.0395. The summed E-state index contributed by atoms with van der Waals surface area (Å²) >= 11 is 11.8. The van der Waals surface area contributed by atoms with Crippen LogP contribution >= 0.6 is 23.2 Å². The van der Waals surface area contributed by atoms with E-state index in [1.807, 2.05) is 0 Å². The number of hydrogen-bond acceptors (Lipinski definition) is 3. The summed E-state index contributed by atoms with van der Waals surface area (Å²) in [4.78, 5) is 25.8. The molecule has 0 spiro atoms. The van der Waals surface area contributed by atoms with E-state index in [0.717, 1.165) is 23.1 Å². The second kappa shape index (κ2) is 7.32. The first-order chi connectivity index (χ1) is 12.7. The highest BCUT2D eigenvalue weighted by Crippen LogP contribution is 2.31. The second-order valence-electron chi connectivity index (χ2n) is 6.06. The number of rotatable bonds is 5. The minimum Gasteiger partial charge on any atom is -0.490 e. The summed E-state index contributed by atoms with van der Waals surface area (Å²) in [7, 11) is 0. The fourth-order valence-electron chi connectivity index (χ4n) is 2.80. The number of halogens is 4. The van der Waals surface area contributed by atoms with Gasteiger partial charge >= 0.3 is 6.03 Å². The zero-order valence-corrected chi connectivity index (χ0v) is 15.6. The van der Waals surface area contributed by atoms with E-state index in [1.54, 1.807) is 12.1 Å². The largest absolute Gasteiger partial charge is 0.490 e. The first-order valence-corrected chi connectivity index (χ1v) is 8.65. The highest BCUT2D eigenvalue weighted by molar-refractivity contribution is 6.35. The number of carbonyl (C=O) groups is 2. The van der Waals surface area contributed by atoms with E-state index in [1.165, 1.54) is 13.0 Å². The topological polar surface area (TPSA) is 58.6 Å². The van der Waals surface area contributed by atoms with Gasteiger partial charge in [0, 0.05) is 10.6 Å². The fourth-order valence-corrected chi connectivity index (χ4v) is 3.27. The van der Waals surface area contributed by atoms with Gasteiger partial charge in [0.2, 0.25) is 0 Å². The zero-order chi connectivity index (χ0) is 19.8. The molecule has 3 amide bonds. The van der Waals surface area contributed by atoms with Gasteiger partial charge in [-0.15, -0.1) is 0 Å². The molecule has 0 aromatic heterocycles. The predicted molar refractivity (Wildman–Crippen MR) is 95.9 cm³/mol. The van der Waals surface area contributed by atoms with Crippen molar-refractivity contribution in [3.63, 3.8) is 0 Å². The van der Waals surface area contributed by atoms with Crippen LogP contribution in [0.1, 0.15) is 12.5 Å². The third-order valence-corrected chi connectivity index (χ3v) is 4.74. The lowest BCUT2D eigenvalue weighted by Crippen LogP contribution is -2.42. The number of nitrogens with one attached hydrogen (secondary N) is 1. The molecule has 1 heterocycles. The minimum atomic E-state index is -1.71. The van der Waals surface area contributed by atoms with Gasteiger partial charge in [0.15, 0.2) is 0 Å². The van der Waals surface area contributed by atoms with E-state index >= 15 is 0 Å². The number of ether oxygens (including phenoxy) is 1. The van der Waals surface area contributed by atoms with E-state index in [2.05, 4.69) is 5.32 Å². The molecule has 2 aromatic rings. The summed E-state index contributed by atoms with van der Waals surface area (Å²) in [5.74, 6) is -1.87. The van der Waals surface area contributed by atoms with Gasteiger partial charge in [-0.25, -0.2) is 13.6 Å². The van der Waals surface area contributed by atoms with Crippen molar-refractivity contribution >= 4 is 35.1 Å². The molecule has 27 heavy (non-hydrogen) atoms. The molecule has 1 fully saturated rings. The van der Waals surface area contributed by atoms with Gasteiger partial charge in [-0.2, -0.15) is 0 Å². The maximum absolute atomic E-state index is 14.1. The van der Waals surface area contributed by atoms with Crippen molar-refractivity contribution in [2.45, 2.75) is 12.5 Å². The van der Waals surface area contributed by atoms with Crippen molar-refractivity contribution in [2.75, 3.05) is 13.2 Å². The van der Waals surface area contributed by atoms with E-state index in [4.69, 9.17) is 27.9 Å². The van der Waals surface area contributed by atoms with Crippen molar-refractivity contribution in [2.24, 2.45) is 0 Å². The van der Waals surface area contributed by atoms with Crippen LogP contribution in [0.15, 0.2) is 36.4 Å². The molecule has 9 heteroatoms. The summed E-state index contributed by atoms with van der Waals surface area (Å²) in [6.45, 7) is 1.18. The van der Waals surface area contributed by atoms with Crippen LogP contribution in [0, 0.1) is 11.6 Å². The first kappa shape index (κ1) is 19.4. The number of hydrogen-bond donors (Lipinski definition) is 1. The molecular formula is C18H14Cl2F2N2O3. The number of urea groups is 1. The molecule has 1 atom stereocenters. The van der Waals surface area contributed by atoms with Crippen LogP contribution in [-0.4, -0.2) is 30.0 Å². The van der Waals surface area contributed by atoms with E-state index in [9.17, 15) is 18.4 Å². The van der Waals surface area contributed by atoms with Crippen molar-refractivity contribution in [3.05, 3.63) is 63.6 Å². The van der Waals surface area contributed by atoms with Gasteiger partial charge in [0.25, 0.3) is 5.91 Å². The molecule has 0 unspecified atom stereocenters. The van der Waals surface area contributed by atoms with Crippen LogP contribution in [0.4, 0.5) is 13.6 Å². The van der Waals surface area contributed by atoms with Gasteiger partial charge in [0.1, 0.15) is 29.5 Å². The monoisotopic (exact) mass is 414 g/mol. The second-order valence-corrected chi connectivity index (χ2v) is 6.90. The Kier molecular flexibility index (Phi) is 5.26. The molecule has 1 N–H and O–H groups in total. The number of amides is 3. The van der Waals surface area contributed by atoms with Crippen LogP contribution in [0.2, 0.25) is 10.0 Å². The molecule has 0 aliphatic carbocycles. The zero-order valence-electron chi connectivity index (χ0n) is 14.1. The molecule has 0 radical (unpaired) electrons. The molecule has 1 aliphatic rings. The summed E-state index contributed by atoms with van der Waals surface area (Å²) in [5, 5.41) is 3.14. The molecule has 2 aromatic carbocycles. The summed E-state index contributed by atoms with van der Waals surface area (Å²) < 4.78 is 33.1. The third kappa shape index (κ3) is 3.70. The molecular weight excluding hydrogens is 401 g/mol. The maximum Gasteiger partial charge on any atom is 0.325 e. The average molecular weight is 415 g/mol. The van der Waals surface area contributed by atoms with Crippen LogP contribution in [-0.2, 0) is 10.3 Å². The Labute approximate surface area is 163 Å². The molecule has 0 bridgehead atoms. The normalized spacial score (nSPS) is 19.4. The van der Waals surface area contributed by atoms with Gasteiger partial charge in [-0.3, -0.25) is 9.69 Å². The quantitative estimate of drug-likeness (QED) is 0.748. The number of carbonyl (C=O) groups excluding carboxylic acids is 2. The lowest BCUT2D eigenvalue weighted by molar-refractivity contribution is -0.131. The van der Waals surface area contributed by atoms with E-state index in [-0.39, 0.29) is 23.7 Å². The van der Waals surface area contributed by atoms with Crippen molar-refractivity contribution in [1.82, 2.24) is 10.2 Å². The maximum atomic E-state index is 14.1. The Morgan fingerprint density at radius 2 is 1.89 bits per heavy atom.